The number of H-pyrrole nitrogens is 1. The van der Waals surface area contributed by atoms with Gasteiger partial charge in [-0.3, -0.25) is 9.89 Å². The topological polar surface area (TPSA) is 84.1 Å². The number of esters is 1. The number of alkyl halides is 1. The highest BCUT2D eigenvalue weighted by atomic mass is 35.5. The van der Waals surface area contributed by atoms with Gasteiger partial charge in [-0.1, -0.05) is 0 Å². The number of anilines is 1. The number of carbonyl (C=O) groups is 2. The van der Waals surface area contributed by atoms with Gasteiger partial charge in [0.15, 0.2) is 5.69 Å². The molecule has 0 unspecified atom stereocenters. The zero-order chi connectivity index (χ0) is 11.3. The van der Waals surface area contributed by atoms with E-state index in [1.807, 2.05) is 0 Å². The van der Waals surface area contributed by atoms with E-state index in [0.29, 0.717) is 0 Å². The smallest absolute Gasteiger partial charge is 0.358 e. The Balaban J connectivity index is 2.77. The molecule has 15 heavy (non-hydrogen) atoms. The molecule has 0 aromatic carbocycles. The van der Waals surface area contributed by atoms with Gasteiger partial charge in [-0.15, -0.1) is 11.6 Å². The first-order chi connectivity index (χ1) is 7.19. The van der Waals surface area contributed by atoms with Crippen LogP contribution in [0.5, 0.6) is 0 Å². The molecule has 0 spiro atoms. The van der Waals surface area contributed by atoms with E-state index in [-0.39, 0.29) is 23.9 Å². The molecule has 0 aliphatic heterocycles. The molecule has 0 fully saturated rings. The van der Waals surface area contributed by atoms with Crippen LogP contribution in [0.25, 0.3) is 0 Å². The summed E-state index contributed by atoms with van der Waals surface area (Å²) in [5.74, 6) is -1.17. The molecule has 2 N–H and O–H groups in total. The monoisotopic (exact) mass is 231 g/mol. The van der Waals surface area contributed by atoms with Gasteiger partial charge in [0.25, 0.3) is 0 Å². The van der Waals surface area contributed by atoms with E-state index in [9.17, 15) is 9.59 Å². The number of nitrogens with zero attached hydrogens (tertiary/aromatic N) is 1. The SMILES string of the molecule is CCOC(=O)c1[nH]ncc1NC(=O)CCl. The van der Waals surface area contributed by atoms with Crippen molar-refractivity contribution in [1.82, 2.24) is 10.2 Å². The lowest BCUT2D eigenvalue weighted by atomic mass is 10.3. The summed E-state index contributed by atoms with van der Waals surface area (Å²) >= 11 is 5.30. The molecule has 1 aromatic rings. The number of hydrogen-bond acceptors (Lipinski definition) is 4. The van der Waals surface area contributed by atoms with Crippen LogP contribution in [-0.4, -0.2) is 34.6 Å². The molecule has 82 valence electrons. The molecule has 0 bridgehead atoms. The third-order valence-electron chi connectivity index (χ3n) is 1.51. The number of carbonyl (C=O) groups excluding carboxylic acids is 2. The number of nitrogens with one attached hydrogen (secondary N) is 2. The molecule has 6 nitrogen and oxygen atoms in total. The number of aromatic amines is 1. The third kappa shape index (κ3) is 2.95. The lowest BCUT2D eigenvalue weighted by Gasteiger charge is -2.03. The number of ether oxygens (including phenoxy) is 1. The lowest BCUT2D eigenvalue weighted by molar-refractivity contribution is -0.113. The minimum absolute atomic E-state index is 0.107. The molecular formula is C8H10ClN3O3. The Labute approximate surface area is 90.9 Å². The Morgan fingerprint density at radius 2 is 2.40 bits per heavy atom. The molecule has 0 aliphatic rings. The molecule has 0 saturated heterocycles. The first-order valence-electron chi connectivity index (χ1n) is 4.25. The van der Waals surface area contributed by atoms with Crippen molar-refractivity contribution in [3.63, 3.8) is 0 Å². The number of aromatic nitrogens is 2. The zero-order valence-electron chi connectivity index (χ0n) is 8.04. The van der Waals surface area contributed by atoms with Crippen LogP contribution in [-0.2, 0) is 9.53 Å². The van der Waals surface area contributed by atoms with Gasteiger partial charge in [-0.05, 0) is 6.92 Å². The fourth-order valence-corrected chi connectivity index (χ4v) is 0.990. The van der Waals surface area contributed by atoms with Gasteiger partial charge in [0, 0.05) is 0 Å². The van der Waals surface area contributed by atoms with Crippen molar-refractivity contribution < 1.29 is 14.3 Å². The normalized spacial score (nSPS) is 9.73. The van der Waals surface area contributed by atoms with Crippen molar-refractivity contribution in [1.29, 1.82) is 0 Å². The predicted octanol–water partition coefficient (Wildman–Crippen LogP) is 0.764. The Morgan fingerprint density at radius 1 is 1.67 bits per heavy atom. The van der Waals surface area contributed by atoms with Crippen molar-refractivity contribution >= 4 is 29.2 Å². The minimum Gasteiger partial charge on any atom is -0.461 e. The van der Waals surface area contributed by atoms with Crippen LogP contribution in [0.4, 0.5) is 5.69 Å². The molecule has 0 radical (unpaired) electrons. The highest BCUT2D eigenvalue weighted by molar-refractivity contribution is 6.29. The largest absolute Gasteiger partial charge is 0.461 e. The fraction of sp³-hybridized carbons (Fsp3) is 0.375. The van der Waals surface area contributed by atoms with E-state index in [1.54, 1.807) is 6.92 Å². The summed E-state index contributed by atoms with van der Waals surface area (Å²) in [6.07, 6.45) is 1.32. The van der Waals surface area contributed by atoms with Crippen molar-refractivity contribution in [2.24, 2.45) is 0 Å². The summed E-state index contributed by atoms with van der Waals surface area (Å²) in [6.45, 7) is 1.94. The standard InChI is InChI=1S/C8H10ClN3O3/c1-2-15-8(14)7-5(4-10-12-7)11-6(13)3-9/h4H,2-3H2,1H3,(H,10,12)(H,11,13). The maximum atomic E-state index is 11.3. The van der Waals surface area contributed by atoms with Gasteiger partial charge in [0.1, 0.15) is 5.88 Å². The number of hydrogen-bond donors (Lipinski definition) is 2. The van der Waals surface area contributed by atoms with Gasteiger partial charge in [-0.25, -0.2) is 4.79 Å². The Hall–Kier alpha value is -1.56. The van der Waals surface area contributed by atoms with Crippen LogP contribution in [0.2, 0.25) is 0 Å². The lowest BCUT2D eigenvalue weighted by Crippen LogP contribution is -2.15. The summed E-state index contributed by atoms with van der Waals surface area (Å²) in [6, 6.07) is 0. The Bertz CT molecular complexity index is 364. The number of amides is 1. The second kappa shape index (κ2) is 5.35. The molecule has 0 aliphatic carbocycles. The van der Waals surface area contributed by atoms with Crippen molar-refractivity contribution in [3.8, 4) is 0 Å². The van der Waals surface area contributed by atoms with Crippen molar-refractivity contribution in [2.45, 2.75) is 6.92 Å². The van der Waals surface area contributed by atoms with Crippen LogP contribution in [0.3, 0.4) is 0 Å². The van der Waals surface area contributed by atoms with Crippen LogP contribution >= 0.6 is 11.6 Å². The number of halogens is 1. The van der Waals surface area contributed by atoms with Gasteiger partial charge in [-0.2, -0.15) is 5.10 Å². The molecule has 0 atom stereocenters. The average molecular weight is 232 g/mol. The maximum Gasteiger partial charge on any atom is 0.358 e. The van der Waals surface area contributed by atoms with Crippen LogP contribution in [0.1, 0.15) is 17.4 Å². The minimum atomic E-state index is -0.570. The molecule has 1 amide bonds. The molecular weight excluding hydrogens is 222 g/mol. The molecule has 1 heterocycles. The van der Waals surface area contributed by atoms with Crippen LogP contribution < -0.4 is 5.32 Å². The average Bonchev–Trinajstić information content (AvgIpc) is 2.66. The van der Waals surface area contributed by atoms with Crippen LogP contribution in [0, 0.1) is 0 Å². The van der Waals surface area contributed by atoms with E-state index in [2.05, 4.69) is 15.5 Å². The quantitative estimate of drug-likeness (QED) is 0.592. The molecule has 1 rings (SSSR count). The van der Waals surface area contributed by atoms with E-state index >= 15 is 0 Å². The van der Waals surface area contributed by atoms with E-state index in [4.69, 9.17) is 16.3 Å². The third-order valence-corrected chi connectivity index (χ3v) is 1.76. The zero-order valence-corrected chi connectivity index (χ0v) is 8.80. The van der Waals surface area contributed by atoms with E-state index in [1.165, 1.54) is 6.20 Å². The van der Waals surface area contributed by atoms with E-state index < -0.39 is 11.9 Å². The Morgan fingerprint density at radius 3 is 3.00 bits per heavy atom. The second-order valence-electron chi connectivity index (χ2n) is 2.56. The first-order valence-corrected chi connectivity index (χ1v) is 4.78. The maximum absolute atomic E-state index is 11.3. The van der Waals surface area contributed by atoms with Crippen molar-refractivity contribution in [2.75, 3.05) is 17.8 Å². The highest BCUT2D eigenvalue weighted by Crippen LogP contribution is 2.12. The van der Waals surface area contributed by atoms with Gasteiger partial charge in [0.05, 0.1) is 18.5 Å². The predicted molar refractivity (Wildman–Crippen MR) is 53.9 cm³/mol. The molecule has 0 saturated carbocycles. The van der Waals surface area contributed by atoms with Gasteiger partial charge >= 0.3 is 5.97 Å². The molecule has 1 aromatic heterocycles. The second-order valence-corrected chi connectivity index (χ2v) is 2.83. The summed E-state index contributed by atoms with van der Waals surface area (Å²) in [4.78, 5) is 22.3. The highest BCUT2D eigenvalue weighted by Gasteiger charge is 2.16. The van der Waals surface area contributed by atoms with Gasteiger partial charge < -0.3 is 10.1 Å². The van der Waals surface area contributed by atoms with Gasteiger partial charge in [0.2, 0.25) is 5.91 Å². The first kappa shape index (κ1) is 11.5. The Kier molecular flexibility index (Phi) is 4.11. The summed E-state index contributed by atoms with van der Waals surface area (Å²) in [5.41, 5.74) is 0.370. The summed E-state index contributed by atoms with van der Waals surface area (Å²) < 4.78 is 4.75. The summed E-state index contributed by atoms with van der Waals surface area (Å²) in [7, 11) is 0. The summed E-state index contributed by atoms with van der Waals surface area (Å²) in [5, 5.41) is 8.48. The van der Waals surface area contributed by atoms with Crippen molar-refractivity contribution in [3.05, 3.63) is 11.9 Å². The number of rotatable bonds is 4. The van der Waals surface area contributed by atoms with Crippen LogP contribution in [0.15, 0.2) is 6.20 Å². The molecule has 7 heteroatoms. The van der Waals surface area contributed by atoms with E-state index in [0.717, 1.165) is 0 Å². The fourth-order valence-electron chi connectivity index (χ4n) is 0.923.